The molecule has 1 amide bonds. The van der Waals surface area contributed by atoms with E-state index in [1.54, 1.807) is 12.1 Å². The molecule has 1 aromatic heterocycles. The summed E-state index contributed by atoms with van der Waals surface area (Å²) in [5.74, 6) is -0.716. The van der Waals surface area contributed by atoms with E-state index >= 15 is 0 Å². The number of aliphatic carboxylic acids is 1. The van der Waals surface area contributed by atoms with Crippen molar-refractivity contribution in [3.05, 3.63) is 34.2 Å². The monoisotopic (exact) mass is 356 g/mol. The van der Waals surface area contributed by atoms with Crippen molar-refractivity contribution in [3.63, 3.8) is 0 Å². The molecule has 138 valence electrons. The summed E-state index contributed by atoms with van der Waals surface area (Å²) in [4.78, 5) is 39.1. The van der Waals surface area contributed by atoms with Crippen molar-refractivity contribution in [2.75, 3.05) is 13.1 Å². The quantitative estimate of drug-likeness (QED) is 0.872. The van der Waals surface area contributed by atoms with Crippen LogP contribution in [0.4, 0.5) is 0 Å². The Morgan fingerprint density at radius 2 is 1.77 bits per heavy atom. The fourth-order valence-electron chi connectivity index (χ4n) is 6.29. The molecular formula is C20H24N2O4. The van der Waals surface area contributed by atoms with Gasteiger partial charge in [-0.1, -0.05) is 6.07 Å². The lowest BCUT2D eigenvalue weighted by Crippen LogP contribution is -2.52. The first-order valence-electron chi connectivity index (χ1n) is 9.74. The standard InChI is InChI=1S/C20H24N2O4/c23-16-3-1-2-15-14-6-11(9-22(15)16)8-21(10-14)19(24)17-12-4-5-13(7-12)18(17)20(25)26/h1-3,11-14,17-18H,4-10H2,(H,25,26)/t11-,12-,13-,14-,17-,18-/m0/s1. The first-order chi connectivity index (χ1) is 12.5. The average Bonchev–Trinajstić information content (AvgIpc) is 3.23. The van der Waals surface area contributed by atoms with Gasteiger partial charge in [0, 0.05) is 37.3 Å². The number of pyridine rings is 1. The molecule has 1 N–H and O–H groups in total. The second kappa shape index (κ2) is 5.69. The van der Waals surface area contributed by atoms with E-state index in [2.05, 4.69) is 0 Å². The number of carboxylic acid groups (broad SMARTS) is 1. The first-order valence-corrected chi connectivity index (χ1v) is 9.74. The van der Waals surface area contributed by atoms with Gasteiger partial charge in [0.2, 0.25) is 5.91 Å². The van der Waals surface area contributed by atoms with E-state index in [-0.39, 0.29) is 41.1 Å². The first kappa shape index (κ1) is 16.1. The summed E-state index contributed by atoms with van der Waals surface area (Å²) in [6.07, 6.45) is 3.84. The molecule has 0 radical (unpaired) electrons. The van der Waals surface area contributed by atoms with E-state index in [9.17, 15) is 19.5 Å². The zero-order chi connectivity index (χ0) is 18.0. The van der Waals surface area contributed by atoms with Crippen molar-refractivity contribution >= 4 is 11.9 Å². The summed E-state index contributed by atoms with van der Waals surface area (Å²) in [5, 5.41) is 9.67. The van der Waals surface area contributed by atoms with Crippen LogP contribution in [0, 0.1) is 29.6 Å². The van der Waals surface area contributed by atoms with E-state index in [1.165, 1.54) is 0 Å². The Morgan fingerprint density at radius 3 is 2.54 bits per heavy atom. The summed E-state index contributed by atoms with van der Waals surface area (Å²) < 4.78 is 1.86. The maximum Gasteiger partial charge on any atom is 0.307 e. The number of nitrogens with zero attached hydrogens (tertiary/aromatic N) is 2. The molecule has 6 atom stereocenters. The molecule has 1 aromatic rings. The van der Waals surface area contributed by atoms with Crippen LogP contribution >= 0.6 is 0 Å². The molecule has 5 rings (SSSR count). The predicted molar refractivity (Wildman–Crippen MR) is 93.6 cm³/mol. The second-order valence-electron chi connectivity index (χ2n) is 8.66. The van der Waals surface area contributed by atoms with Crippen LogP contribution in [0.2, 0.25) is 0 Å². The number of amides is 1. The number of rotatable bonds is 2. The van der Waals surface area contributed by atoms with Gasteiger partial charge in [-0.3, -0.25) is 14.4 Å². The number of carbonyl (C=O) groups is 2. The predicted octanol–water partition coefficient (Wildman–Crippen LogP) is 1.54. The molecule has 0 unspecified atom stereocenters. The Balaban J connectivity index is 1.41. The lowest BCUT2D eigenvalue weighted by atomic mass is 9.77. The van der Waals surface area contributed by atoms with Gasteiger partial charge in [-0.2, -0.15) is 0 Å². The van der Waals surface area contributed by atoms with Gasteiger partial charge in [0.15, 0.2) is 0 Å². The van der Waals surface area contributed by atoms with Crippen LogP contribution in [0.25, 0.3) is 0 Å². The minimum absolute atomic E-state index is 0.0380. The third-order valence-corrected chi connectivity index (χ3v) is 7.28. The van der Waals surface area contributed by atoms with Crippen molar-refractivity contribution in [1.29, 1.82) is 0 Å². The maximum absolute atomic E-state index is 13.3. The van der Waals surface area contributed by atoms with Gasteiger partial charge in [0.05, 0.1) is 11.8 Å². The Labute approximate surface area is 151 Å². The van der Waals surface area contributed by atoms with Gasteiger partial charge in [0.25, 0.3) is 5.56 Å². The smallest absolute Gasteiger partial charge is 0.307 e. The van der Waals surface area contributed by atoms with Crippen LogP contribution in [-0.2, 0) is 16.1 Å². The molecule has 4 bridgehead atoms. The van der Waals surface area contributed by atoms with Crippen LogP contribution in [-0.4, -0.2) is 39.5 Å². The number of hydrogen-bond donors (Lipinski definition) is 1. The molecule has 2 aliphatic carbocycles. The van der Waals surface area contributed by atoms with Crippen LogP contribution in [0.5, 0.6) is 0 Å². The highest BCUT2D eigenvalue weighted by Gasteiger charge is 2.55. The molecule has 4 aliphatic rings. The number of likely N-dealkylation sites (tertiary alicyclic amines) is 1. The summed E-state index contributed by atoms with van der Waals surface area (Å²) in [6, 6.07) is 5.39. The summed E-state index contributed by atoms with van der Waals surface area (Å²) in [6.45, 7) is 1.92. The van der Waals surface area contributed by atoms with Crippen molar-refractivity contribution in [3.8, 4) is 0 Å². The minimum atomic E-state index is -0.801. The molecule has 6 nitrogen and oxygen atoms in total. The second-order valence-corrected chi connectivity index (χ2v) is 8.66. The van der Waals surface area contributed by atoms with Crippen molar-refractivity contribution in [1.82, 2.24) is 9.47 Å². The van der Waals surface area contributed by atoms with Crippen LogP contribution in [0.3, 0.4) is 0 Å². The van der Waals surface area contributed by atoms with E-state index in [4.69, 9.17) is 0 Å². The molecule has 1 saturated heterocycles. The Bertz CT molecular complexity index is 831. The number of aromatic nitrogens is 1. The van der Waals surface area contributed by atoms with Gasteiger partial charge in [-0.15, -0.1) is 0 Å². The van der Waals surface area contributed by atoms with E-state index in [1.807, 2.05) is 15.5 Å². The third kappa shape index (κ3) is 2.27. The Kier molecular flexibility index (Phi) is 3.52. The third-order valence-electron chi connectivity index (χ3n) is 7.28. The molecule has 26 heavy (non-hydrogen) atoms. The number of carboxylic acids is 1. The van der Waals surface area contributed by atoms with Crippen LogP contribution < -0.4 is 5.56 Å². The van der Waals surface area contributed by atoms with Crippen molar-refractivity contribution in [2.45, 2.75) is 38.1 Å². The normalized spacial score (nSPS) is 37.5. The van der Waals surface area contributed by atoms with E-state index in [0.717, 1.165) is 31.4 Å². The molecule has 2 aliphatic heterocycles. The Morgan fingerprint density at radius 1 is 1.00 bits per heavy atom. The number of hydrogen-bond acceptors (Lipinski definition) is 3. The average molecular weight is 356 g/mol. The molecule has 3 heterocycles. The zero-order valence-electron chi connectivity index (χ0n) is 14.7. The van der Waals surface area contributed by atoms with Gasteiger partial charge < -0.3 is 14.6 Å². The van der Waals surface area contributed by atoms with Gasteiger partial charge >= 0.3 is 5.97 Å². The van der Waals surface area contributed by atoms with Crippen LogP contribution in [0.1, 0.15) is 37.3 Å². The van der Waals surface area contributed by atoms with Gasteiger partial charge in [-0.05, 0) is 49.5 Å². The topological polar surface area (TPSA) is 79.6 Å². The lowest BCUT2D eigenvalue weighted by molar-refractivity contribution is -0.154. The Hall–Kier alpha value is -2.11. The van der Waals surface area contributed by atoms with Crippen molar-refractivity contribution in [2.24, 2.45) is 29.6 Å². The molecule has 3 fully saturated rings. The maximum atomic E-state index is 13.3. The van der Waals surface area contributed by atoms with E-state index < -0.39 is 11.9 Å². The molecule has 2 saturated carbocycles. The highest BCUT2D eigenvalue weighted by atomic mass is 16.4. The summed E-state index contributed by atoms with van der Waals surface area (Å²) in [7, 11) is 0. The van der Waals surface area contributed by atoms with Gasteiger partial charge in [0.1, 0.15) is 0 Å². The van der Waals surface area contributed by atoms with Gasteiger partial charge in [-0.25, -0.2) is 0 Å². The fourth-order valence-corrected chi connectivity index (χ4v) is 6.29. The summed E-state index contributed by atoms with van der Waals surface area (Å²) >= 11 is 0. The number of fused-ring (bicyclic) bond motifs is 6. The summed E-state index contributed by atoms with van der Waals surface area (Å²) in [5.41, 5.74) is 1.06. The molecule has 0 spiro atoms. The van der Waals surface area contributed by atoms with E-state index in [0.29, 0.717) is 19.6 Å². The fraction of sp³-hybridized carbons (Fsp3) is 0.650. The molecule has 6 heteroatoms. The SMILES string of the molecule is O=C(O)[C@H]1[C@H]2CC[C@@H](C2)[C@@H]1C(=O)N1C[C@@H]2C[C@@H](C1)c1cccc(=O)n1C2. The zero-order valence-corrected chi connectivity index (χ0v) is 14.7. The van der Waals surface area contributed by atoms with Crippen LogP contribution in [0.15, 0.2) is 23.0 Å². The largest absolute Gasteiger partial charge is 0.481 e. The highest BCUT2D eigenvalue weighted by Crippen LogP contribution is 2.53. The minimum Gasteiger partial charge on any atom is -0.481 e. The number of carbonyl (C=O) groups excluding carboxylic acids is 1. The molecular weight excluding hydrogens is 332 g/mol. The molecule has 0 aromatic carbocycles. The number of piperidine rings is 1. The lowest BCUT2D eigenvalue weighted by Gasteiger charge is -2.44. The van der Waals surface area contributed by atoms with Crippen molar-refractivity contribution < 1.29 is 14.7 Å². The highest BCUT2D eigenvalue weighted by molar-refractivity contribution is 5.86.